The summed E-state index contributed by atoms with van der Waals surface area (Å²) in [4.78, 5) is 22.1. The van der Waals surface area contributed by atoms with Crippen LogP contribution in [0.4, 0.5) is 0 Å². The van der Waals surface area contributed by atoms with Gasteiger partial charge >= 0.3 is 5.97 Å². The van der Waals surface area contributed by atoms with E-state index in [0.717, 1.165) is 25.7 Å². The first kappa shape index (κ1) is 15.4. The molecule has 0 aromatic heterocycles. The second-order valence-electron chi connectivity index (χ2n) is 5.64. The van der Waals surface area contributed by atoms with Crippen LogP contribution in [0.1, 0.15) is 39.0 Å². The molecule has 20 heavy (non-hydrogen) atoms. The van der Waals surface area contributed by atoms with E-state index < -0.39 is 28.7 Å². The second kappa shape index (κ2) is 6.22. The molecule has 3 atom stereocenters. The summed E-state index contributed by atoms with van der Waals surface area (Å²) < 4.78 is 18.1. The van der Waals surface area contributed by atoms with Crippen LogP contribution >= 0.6 is 0 Å². The maximum Gasteiger partial charge on any atom is 0.327 e. The lowest BCUT2D eigenvalue weighted by Crippen LogP contribution is -2.50. The smallest absolute Gasteiger partial charge is 0.327 e. The van der Waals surface area contributed by atoms with Gasteiger partial charge in [0.2, 0.25) is 5.91 Å². The van der Waals surface area contributed by atoms with Gasteiger partial charge in [0.1, 0.15) is 6.04 Å². The fourth-order valence-corrected chi connectivity index (χ4v) is 4.52. The number of ether oxygens (including phenoxy) is 1. The van der Waals surface area contributed by atoms with Crippen molar-refractivity contribution in [2.45, 2.75) is 55.9 Å². The van der Waals surface area contributed by atoms with Gasteiger partial charge in [0, 0.05) is 29.6 Å². The number of rotatable bonds is 5. The molecule has 114 valence electrons. The van der Waals surface area contributed by atoms with Crippen molar-refractivity contribution in [1.82, 2.24) is 5.32 Å². The van der Waals surface area contributed by atoms with E-state index in [1.165, 1.54) is 6.92 Å². The summed E-state index contributed by atoms with van der Waals surface area (Å²) in [6.45, 7) is 1.85. The highest BCUT2D eigenvalue weighted by Crippen LogP contribution is 2.43. The molecule has 1 spiro atoms. The van der Waals surface area contributed by atoms with E-state index in [0.29, 0.717) is 13.0 Å². The molecule has 1 saturated heterocycles. The van der Waals surface area contributed by atoms with Crippen LogP contribution in [-0.2, 0) is 25.1 Å². The number of hydrogen-bond donors (Lipinski definition) is 2. The molecular formula is C13H21NO5S. The maximum absolute atomic E-state index is 12.4. The quantitative estimate of drug-likeness (QED) is 0.768. The van der Waals surface area contributed by atoms with Crippen molar-refractivity contribution in [1.29, 1.82) is 0 Å². The summed E-state index contributed by atoms with van der Waals surface area (Å²) in [6.07, 6.45) is 4.60. The first-order valence-electron chi connectivity index (χ1n) is 6.93. The molecule has 1 heterocycles. The third kappa shape index (κ3) is 3.58. The van der Waals surface area contributed by atoms with Crippen molar-refractivity contribution in [3.8, 4) is 0 Å². The van der Waals surface area contributed by atoms with Gasteiger partial charge in [-0.2, -0.15) is 0 Å². The largest absolute Gasteiger partial charge is 0.480 e. The van der Waals surface area contributed by atoms with Gasteiger partial charge in [-0.25, -0.2) is 4.79 Å². The standard InChI is InChI=1S/C13H21NO5S/c1-9(15)14-11(12(16)17)8-20(18)10-3-6-19-13(7-10)4-2-5-13/h10-11H,2-8H2,1H3,(H,14,15)(H,16,17)/t10?,11-,20?/m0/s1. The summed E-state index contributed by atoms with van der Waals surface area (Å²) in [5.41, 5.74) is -0.106. The van der Waals surface area contributed by atoms with E-state index in [1.54, 1.807) is 0 Å². The number of hydrogen-bond acceptors (Lipinski definition) is 4. The Morgan fingerprint density at radius 2 is 2.20 bits per heavy atom. The van der Waals surface area contributed by atoms with Crippen LogP contribution in [0, 0.1) is 0 Å². The topological polar surface area (TPSA) is 92.7 Å². The summed E-state index contributed by atoms with van der Waals surface area (Å²) in [5.74, 6) is -1.59. The number of carbonyl (C=O) groups excluding carboxylic acids is 1. The number of carbonyl (C=O) groups is 2. The van der Waals surface area contributed by atoms with E-state index in [4.69, 9.17) is 9.84 Å². The average Bonchev–Trinajstić information content (AvgIpc) is 2.35. The van der Waals surface area contributed by atoms with Crippen LogP contribution < -0.4 is 5.32 Å². The maximum atomic E-state index is 12.4. The molecule has 0 aromatic carbocycles. The van der Waals surface area contributed by atoms with Crippen LogP contribution in [0.3, 0.4) is 0 Å². The molecule has 7 heteroatoms. The van der Waals surface area contributed by atoms with Gasteiger partial charge in [0.15, 0.2) is 0 Å². The molecule has 0 bridgehead atoms. The lowest BCUT2D eigenvalue weighted by molar-refractivity contribution is -0.140. The number of carboxylic acid groups (broad SMARTS) is 1. The fraction of sp³-hybridized carbons (Fsp3) is 0.846. The molecule has 0 radical (unpaired) electrons. The third-order valence-electron chi connectivity index (χ3n) is 4.09. The third-order valence-corrected chi connectivity index (χ3v) is 5.90. The van der Waals surface area contributed by atoms with Gasteiger partial charge in [-0.3, -0.25) is 9.00 Å². The molecule has 2 unspecified atom stereocenters. The zero-order valence-electron chi connectivity index (χ0n) is 11.6. The van der Waals surface area contributed by atoms with Crippen LogP contribution in [0.2, 0.25) is 0 Å². The monoisotopic (exact) mass is 303 g/mol. The predicted molar refractivity (Wildman–Crippen MR) is 73.8 cm³/mol. The minimum absolute atomic E-state index is 0.0281. The van der Waals surface area contributed by atoms with E-state index >= 15 is 0 Å². The average molecular weight is 303 g/mol. The molecule has 1 amide bonds. The Labute approximate surface area is 120 Å². The van der Waals surface area contributed by atoms with Crippen molar-refractivity contribution in [3.05, 3.63) is 0 Å². The van der Waals surface area contributed by atoms with Gasteiger partial charge in [0.05, 0.1) is 11.4 Å². The summed E-state index contributed by atoms with van der Waals surface area (Å²) in [7, 11) is -1.26. The van der Waals surface area contributed by atoms with Crippen LogP contribution in [0.25, 0.3) is 0 Å². The molecular weight excluding hydrogens is 282 g/mol. The second-order valence-corrected chi connectivity index (χ2v) is 7.40. The first-order chi connectivity index (χ1) is 9.42. The predicted octanol–water partition coefficient (Wildman–Crippen LogP) is 0.426. The molecule has 1 aliphatic carbocycles. The summed E-state index contributed by atoms with van der Waals surface area (Å²) in [6, 6.07) is -1.08. The van der Waals surface area contributed by atoms with Crippen molar-refractivity contribution in [2.75, 3.05) is 12.4 Å². The molecule has 2 fully saturated rings. The van der Waals surface area contributed by atoms with E-state index in [9.17, 15) is 13.8 Å². The Bertz CT molecular complexity index is 421. The van der Waals surface area contributed by atoms with Crippen molar-refractivity contribution < 1.29 is 23.6 Å². The SMILES string of the molecule is CC(=O)N[C@@H](CS(=O)C1CCOC2(CCC2)C1)C(=O)O. The van der Waals surface area contributed by atoms with Crippen molar-refractivity contribution >= 4 is 22.7 Å². The van der Waals surface area contributed by atoms with E-state index in [-0.39, 0.29) is 16.6 Å². The van der Waals surface area contributed by atoms with Crippen LogP contribution in [-0.4, -0.2) is 50.4 Å². The summed E-state index contributed by atoms with van der Waals surface area (Å²) in [5, 5.41) is 11.4. The normalized spacial score (nSPS) is 27.4. The lowest BCUT2D eigenvalue weighted by atomic mass is 9.75. The van der Waals surface area contributed by atoms with Gasteiger partial charge in [0.25, 0.3) is 0 Å². The molecule has 2 aliphatic rings. The first-order valence-corrected chi connectivity index (χ1v) is 8.31. The van der Waals surface area contributed by atoms with Gasteiger partial charge in [-0.1, -0.05) is 0 Å². The highest BCUT2D eigenvalue weighted by Gasteiger charge is 2.44. The zero-order valence-corrected chi connectivity index (χ0v) is 12.4. The highest BCUT2D eigenvalue weighted by atomic mass is 32.2. The summed E-state index contributed by atoms with van der Waals surface area (Å²) >= 11 is 0. The number of amides is 1. The fourth-order valence-electron chi connectivity index (χ4n) is 2.85. The molecule has 2 rings (SSSR count). The minimum atomic E-state index is -1.26. The van der Waals surface area contributed by atoms with Gasteiger partial charge in [-0.05, 0) is 32.1 Å². The highest BCUT2D eigenvalue weighted by molar-refractivity contribution is 7.85. The Morgan fingerprint density at radius 1 is 1.50 bits per heavy atom. The molecule has 6 nitrogen and oxygen atoms in total. The lowest BCUT2D eigenvalue weighted by Gasteiger charge is -2.47. The molecule has 1 aliphatic heterocycles. The number of carboxylic acids is 1. The Morgan fingerprint density at radius 3 is 2.70 bits per heavy atom. The number of nitrogens with one attached hydrogen (secondary N) is 1. The van der Waals surface area contributed by atoms with Gasteiger partial charge < -0.3 is 15.2 Å². The minimum Gasteiger partial charge on any atom is -0.480 e. The Balaban J connectivity index is 1.92. The van der Waals surface area contributed by atoms with Crippen molar-refractivity contribution in [3.63, 3.8) is 0 Å². The van der Waals surface area contributed by atoms with Gasteiger partial charge in [-0.15, -0.1) is 0 Å². The van der Waals surface area contributed by atoms with Crippen LogP contribution in [0.5, 0.6) is 0 Å². The van der Waals surface area contributed by atoms with Crippen molar-refractivity contribution in [2.24, 2.45) is 0 Å². The van der Waals surface area contributed by atoms with E-state index in [1.807, 2.05) is 0 Å². The Kier molecular flexibility index (Phi) is 4.80. The number of aliphatic carboxylic acids is 1. The van der Waals surface area contributed by atoms with E-state index in [2.05, 4.69) is 5.32 Å². The zero-order chi connectivity index (χ0) is 14.8. The molecule has 0 aromatic rings. The van der Waals surface area contributed by atoms with Crippen LogP contribution in [0.15, 0.2) is 0 Å². The molecule has 1 saturated carbocycles. The Hall–Kier alpha value is -0.950. The molecule has 2 N–H and O–H groups in total.